The summed E-state index contributed by atoms with van der Waals surface area (Å²) >= 11 is 0. The van der Waals surface area contributed by atoms with Gasteiger partial charge in [-0.3, -0.25) is 9.69 Å². The van der Waals surface area contributed by atoms with E-state index in [9.17, 15) is 4.79 Å². The Morgan fingerprint density at radius 2 is 1.88 bits per heavy atom. The number of aromatic nitrogens is 2. The number of carbonyl (C=O) groups excluding carboxylic acids is 1. The van der Waals surface area contributed by atoms with Crippen LogP contribution >= 0.6 is 0 Å². The lowest BCUT2D eigenvalue weighted by atomic mass is 9.96. The van der Waals surface area contributed by atoms with E-state index in [4.69, 9.17) is 9.15 Å². The zero-order chi connectivity index (χ0) is 22.7. The molecule has 0 N–H and O–H groups in total. The molecule has 2 saturated heterocycles. The van der Waals surface area contributed by atoms with Crippen LogP contribution in [0, 0.1) is 12.8 Å². The fraction of sp³-hybridized carbons (Fsp3) is 0.640. The van der Waals surface area contributed by atoms with E-state index < -0.39 is 0 Å². The number of hydrogen-bond donors (Lipinski definition) is 0. The first-order valence-corrected chi connectivity index (χ1v) is 12.0. The molecule has 1 atom stereocenters. The molecule has 0 bridgehead atoms. The second kappa shape index (κ2) is 10.0. The van der Waals surface area contributed by atoms with Crippen LogP contribution < -0.4 is 4.74 Å². The van der Waals surface area contributed by atoms with Gasteiger partial charge in [-0.25, -0.2) is 0 Å². The predicted molar refractivity (Wildman–Crippen MR) is 122 cm³/mol. The second-order valence-electron chi connectivity index (χ2n) is 9.54. The Morgan fingerprint density at radius 3 is 2.59 bits per heavy atom. The molecule has 0 aliphatic carbocycles. The minimum Gasteiger partial charge on any atom is -0.496 e. The van der Waals surface area contributed by atoms with Crippen LogP contribution in [0.2, 0.25) is 0 Å². The molecule has 2 aliphatic heterocycles. The minimum absolute atomic E-state index is 0.0191. The van der Waals surface area contributed by atoms with Crippen molar-refractivity contribution in [3.63, 3.8) is 0 Å². The zero-order valence-electron chi connectivity index (χ0n) is 19.8. The third-order valence-electron chi connectivity index (χ3n) is 6.79. The number of nitrogens with zero attached hydrogens (tertiary/aromatic N) is 4. The lowest BCUT2D eigenvalue weighted by molar-refractivity contribution is -0.139. The molecular weight excluding hydrogens is 404 g/mol. The molecule has 1 aromatic carbocycles. The van der Waals surface area contributed by atoms with Crippen molar-refractivity contribution in [1.29, 1.82) is 0 Å². The molecule has 2 aliphatic rings. The number of methoxy groups -OCH3 is 1. The van der Waals surface area contributed by atoms with Gasteiger partial charge in [-0.1, -0.05) is 31.5 Å². The molecule has 1 aromatic heterocycles. The van der Waals surface area contributed by atoms with E-state index in [1.54, 1.807) is 7.11 Å². The summed E-state index contributed by atoms with van der Waals surface area (Å²) in [7, 11) is 1.73. The molecule has 1 unspecified atom stereocenters. The number of hydrogen-bond acceptors (Lipinski definition) is 6. The monoisotopic (exact) mass is 440 g/mol. The number of aryl methyl sites for hydroxylation is 1. The van der Waals surface area contributed by atoms with Crippen molar-refractivity contribution in [3.8, 4) is 5.75 Å². The summed E-state index contributed by atoms with van der Waals surface area (Å²) in [6.45, 7) is 9.66. The average molecular weight is 441 g/mol. The molecule has 7 nitrogen and oxygen atoms in total. The first-order valence-electron chi connectivity index (χ1n) is 12.0. The fourth-order valence-corrected chi connectivity index (χ4v) is 4.94. The van der Waals surface area contributed by atoms with Crippen molar-refractivity contribution in [2.45, 2.75) is 71.4 Å². The largest absolute Gasteiger partial charge is 0.496 e. The van der Waals surface area contributed by atoms with Crippen molar-refractivity contribution in [1.82, 2.24) is 20.0 Å². The van der Waals surface area contributed by atoms with E-state index in [0.717, 1.165) is 69.9 Å². The van der Waals surface area contributed by atoms with Crippen LogP contribution in [0.4, 0.5) is 0 Å². The van der Waals surface area contributed by atoms with Gasteiger partial charge in [0, 0.05) is 30.5 Å². The number of carbonyl (C=O) groups is 1. The Morgan fingerprint density at radius 1 is 1.12 bits per heavy atom. The van der Waals surface area contributed by atoms with E-state index >= 15 is 0 Å². The highest BCUT2D eigenvalue weighted by atomic mass is 16.5. The normalized spacial score (nSPS) is 20.7. The summed E-state index contributed by atoms with van der Waals surface area (Å²) in [6, 6.07) is 6.28. The Labute approximate surface area is 191 Å². The molecule has 7 heteroatoms. The fourth-order valence-electron chi connectivity index (χ4n) is 4.94. The van der Waals surface area contributed by atoms with Gasteiger partial charge in [0.2, 0.25) is 17.7 Å². The highest BCUT2D eigenvalue weighted by molar-refractivity contribution is 5.78. The van der Waals surface area contributed by atoms with Gasteiger partial charge in [0.15, 0.2) is 0 Å². The zero-order valence-corrected chi connectivity index (χ0v) is 19.8. The molecule has 4 rings (SSSR count). The SMILES string of the molecule is COc1ccc(C)cc1CN1CCC(c2nnc(C3CCCCN3C(=O)C(C)C)o2)CC1. The number of rotatable bonds is 6. The van der Waals surface area contributed by atoms with Crippen molar-refractivity contribution in [2.24, 2.45) is 5.92 Å². The van der Waals surface area contributed by atoms with E-state index in [-0.39, 0.29) is 23.8 Å². The lowest BCUT2D eigenvalue weighted by Gasteiger charge is -2.34. The summed E-state index contributed by atoms with van der Waals surface area (Å²) < 4.78 is 11.7. The molecular formula is C25H36N4O3. The van der Waals surface area contributed by atoms with E-state index in [1.807, 2.05) is 18.7 Å². The maximum Gasteiger partial charge on any atom is 0.238 e. The van der Waals surface area contributed by atoms with Crippen LogP contribution in [0.1, 0.15) is 80.8 Å². The molecule has 3 heterocycles. The van der Waals surface area contributed by atoms with Gasteiger partial charge >= 0.3 is 0 Å². The van der Waals surface area contributed by atoms with E-state index in [2.05, 4.69) is 40.2 Å². The molecule has 0 spiro atoms. The Balaban J connectivity index is 1.38. The molecule has 2 aromatic rings. The number of ether oxygens (including phenoxy) is 1. The number of benzene rings is 1. The quantitative estimate of drug-likeness (QED) is 0.660. The number of piperidine rings is 2. The van der Waals surface area contributed by atoms with Crippen molar-refractivity contribution < 1.29 is 13.9 Å². The van der Waals surface area contributed by atoms with Gasteiger partial charge in [0.05, 0.1) is 7.11 Å². The van der Waals surface area contributed by atoms with Crippen molar-refractivity contribution in [2.75, 3.05) is 26.7 Å². The maximum atomic E-state index is 12.7. The second-order valence-corrected chi connectivity index (χ2v) is 9.54. The molecule has 1 amide bonds. The van der Waals surface area contributed by atoms with Crippen LogP contribution in [0.15, 0.2) is 22.6 Å². The minimum atomic E-state index is -0.0752. The Hall–Kier alpha value is -2.41. The summed E-state index contributed by atoms with van der Waals surface area (Å²) in [6.07, 6.45) is 5.02. The molecule has 2 fully saturated rings. The highest BCUT2D eigenvalue weighted by Crippen LogP contribution is 2.34. The predicted octanol–water partition coefficient (Wildman–Crippen LogP) is 4.48. The number of amides is 1. The van der Waals surface area contributed by atoms with Crippen molar-refractivity contribution in [3.05, 3.63) is 41.1 Å². The Bertz CT molecular complexity index is 918. The smallest absolute Gasteiger partial charge is 0.238 e. The summed E-state index contributed by atoms with van der Waals surface area (Å²) in [5.74, 6) is 2.73. The van der Waals surface area contributed by atoms with Gasteiger partial charge < -0.3 is 14.1 Å². The van der Waals surface area contributed by atoms with Gasteiger partial charge in [-0.15, -0.1) is 10.2 Å². The topological polar surface area (TPSA) is 71.7 Å². The average Bonchev–Trinajstić information content (AvgIpc) is 3.29. The third-order valence-corrected chi connectivity index (χ3v) is 6.79. The van der Waals surface area contributed by atoms with Crippen LogP contribution in [0.25, 0.3) is 0 Å². The van der Waals surface area contributed by atoms with E-state index in [0.29, 0.717) is 5.89 Å². The van der Waals surface area contributed by atoms with Crippen LogP contribution in [0.3, 0.4) is 0 Å². The van der Waals surface area contributed by atoms with E-state index in [1.165, 1.54) is 11.1 Å². The van der Waals surface area contributed by atoms with Crippen LogP contribution in [0.5, 0.6) is 5.75 Å². The number of likely N-dealkylation sites (tertiary alicyclic amines) is 2. The third kappa shape index (κ3) is 4.98. The molecule has 32 heavy (non-hydrogen) atoms. The molecule has 0 radical (unpaired) electrons. The van der Waals surface area contributed by atoms with Gasteiger partial charge in [-0.05, 0) is 58.2 Å². The maximum absolute atomic E-state index is 12.7. The Kier molecular flexibility index (Phi) is 7.13. The lowest BCUT2D eigenvalue weighted by Crippen LogP contribution is -2.40. The molecule has 174 valence electrons. The van der Waals surface area contributed by atoms with Crippen LogP contribution in [-0.2, 0) is 11.3 Å². The van der Waals surface area contributed by atoms with Crippen molar-refractivity contribution >= 4 is 5.91 Å². The molecule has 0 saturated carbocycles. The van der Waals surface area contributed by atoms with Gasteiger partial charge in [-0.2, -0.15) is 0 Å². The first-order chi connectivity index (χ1) is 15.5. The summed E-state index contributed by atoms with van der Waals surface area (Å²) in [5.41, 5.74) is 2.49. The summed E-state index contributed by atoms with van der Waals surface area (Å²) in [5, 5.41) is 8.79. The van der Waals surface area contributed by atoms with Crippen LogP contribution in [-0.4, -0.2) is 52.6 Å². The standard InChI is InChI=1S/C25H36N4O3/c1-17(2)25(30)29-12-6-5-7-21(29)24-27-26-23(32-24)19-10-13-28(14-11-19)16-20-15-18(3)8-9-22(20)31-4/h8-9,15,17,19,21H,5-7,10-14,16H2,1-4H3. The van der Waals surface area contributed by atoms with Gasteiger partial charge in [0.1, 0.15) is 11.8 Å². The first kappa shape index (κ1) is 22.8. The summed E-state index contributed by atoms with van der Waals surface area (Å²) in [4.78, 5) is 17.1. The van der Waals surface area contributed by atoms with Gasteiger partial charge in [0.25, 0.3) is 0 Å². The highest BCUT2D eigenvalue weighted by Gasteiger charge is 2.34.